The first-order valence-corrected chi connectivity index (χ1v) is 8.97. The van der Waals surface area contributed by atoms with Crippen molar-refractivity contribution in [3.63, 3.8) is 0 Å². The molecule has 116 valence electrons. The summed E-state index contributed by atoms with van der Waals surface area (Å²) in [5, 5.41) is 0.708. The first kappa shape index (κ1) is 15.5. The monoisotopic (exact) mass is 327 g/mol. The van der Waals surface area contributed by atoms with Crippen LogP contribution in [0.2, 0.25) is 5.02 Å². The lowest BCUT2D eigenvalue weighted by Crippen LogP contribution is -2.42. The van der Waals surface area contributed by atoms with Crippen LogP contribution in [0.5, 0.6) is 5.75 Å². The number of benzene rings is 1. The van der Waals surface area contributed by atoms with Gasteiger partial charge < -0.3 is 15.2 Å². The molecule has 0 amide bonds. The van der Waals surface area contributed by atoms with Gasteiger partial charge in [-0.3, -0.25) is 0 Å². The van der Waals surface area contributed by atoms with Crippen LogP contribution >= 0.6 is 23.4 Å². The minimum atomic E-state index is -0.0509. The molecule has 1 aromatic carbocycles. The smallest absolute Gasteiger partial charge is 0.123 e. The molecule has 5 heteroatoms. The minimum absolute atomic E-state index is 0.0509. The molecule has 0 radical (unpaired) electrons. The van der Waals surface area contributed by atoms with E-state index in [4.69, 9.17) is 26.8 Å². The third-order valence-electron chi connectivity index (χ3n) is 4.66. The molecule has 3 atom stereocenters. The van der Waals surface area contributed by atoms with E-state index in [1.807, 2.05) is 30.0 Å². The van der Waals surface area contributed by atoms with Crippen LogP contribution < -0.4 is 10.5 Å². The molecule has 3 rings (SSSR count). The molecule has 1 spiro atoms. The molecular formula is C16H22ClNO2S. The van der Waals surface area contributed by atoms with Crippen molar-refractivity contribution >= 4 is 23.4 Å². The van der Waals surface area contributed by atoms with E-state index in [1.54, 1.807) is 7.11 Å². The largest absolute Gasteiger partial charge is 0.496 e. The standard InChI is InChI=1S/C16H22ClNO2S/c1-19-14-3-2-12(17)8-13(14)15(18)11-4-6-20-16(9-11)5-7-21-10-16/h2-3,8,11,15H,4-7,9-10,18H2,1H3. The normalized spacial score (nSPS) is 30.5. The Bertz CT molecular complexity index is 505. The van der Waals surface area contributed by atoms with Crippen LogP contribution in [-0.2, 0) is 4.74 Å². The Morgan fingerprint density at radius 1 is 1.52 bits per heavy atom. The summed E-state index contributed by atoms with van der Waals surface area (Å²) in [6, 6.07) is 5.63. The number of ether oxygens (including phenoxy) is 2. The zero-order valence-corrected chi connectivity index (χ0v) is 13.9. The highest BCUT2D eigenvalue weighted by atomic mass is 35.5. The predicted molar refractivity (Wildman–Crippen MR) is 88.3 cm³/mol. The highest BCUT2D eigenvalue weighted by Gasteiger charge is 2.42. The van der Waals surface area contributed by atoms with Crippen molar-refractivity contribution in [2.24, 2.45) is 11.7 Å². The maximum absolute atomic E-state index is 6.56. The lowest BCUT2D eigenvalue weighted by Gasteiger charge is -2.40. The quantitative estimate of drug-likeness (QED) is 0.920. The van der Waals surface area contributed by atoms with E-state index in [1.165, 1.54) is 5.75 Å². The number of methoxy groups -OCH3 is 1. The number of hydrogen-bond donors (Lipinski definition) is 1. The summed E-state index contributed by atoms with van der Waals surface area (Å²) in [4.78, 5) is 0. The van der Waals surface area contributed by atoms with Crippen LogP contribution in [0.3, 0.4) is 0 Å². The Hall–Kier alpha value is -0.420. The zero-order valence-electron chi connectivity index (χ0n) is 12.3. The fourth-order valence-electron chi connectivity index (χ4n) is 3.46. The minimum Gasteiger partial charge on any atom is -0.496 e. The van der Waals surface area contributed by atoms with Crippen molar-refractivity contribution in [1.82, 2.24) is 0 Å². The molecule has 3 unspecified atom stereocenters. The number of hydrogen-bond acceptors (Lipinski definition) is 4. The van der Waals surface area contributed by atoms with Gasteiger partial charge in [-0.1, -0.05) is 11.6 Å². The number of nitrogens with two attached hydrogens (primary N) is 1. The van der Waals surface area contributed by atoms with Gasteiger partial charge in [-0.15, -0.1) is 0 Å². The van der Waals surface area contributed by atoms with Crippen LogP contribution in [0.25, 0.3) is 0 Å². The second kappa shape index (κ2) is 6.37. The molecule has 2 aliphatic rings. The highest BCUT2D eigenvalue weighted by Crippen LogP contribution is 2.44. The SMILES string of the molecule is COc1ccc(Cl)cc1C(N)C1CCOC2(CCSC2)C1. The molecule has 1 aromatic rings. The number of halogens is 1. The summed E-state index contributed by atoms with van der Waals surface area (Å²) in [6.45, 7) is 0.807. The van der Waals surface area contributed by atoms with Crippen LogP contribution in [0.4, 0.5) is 0 Å². The van der Waals surface area contributed by atoms with E-state index in [-0.39, 0.29) is 11.6 Å². The molecule has 0 bridgehead atoms. The van der Waals surface area contributed by atoms with E-state index in [0.29, 0.717) is 10.9 Å². The molecule has 21 heavy (non-hydrogen) atoms. The second-order valence-electron chi connectivity index (χ2n) is 6.00. The predicted octanol–water partition coefficient (Wildman–Crippen LogP) is 3.65. The van der Waals surface area contributed by atoms with Gasteiger partial charge in [-0.25, -0.2) is 0 Å². The first-order chi connectivity index (χ1) is 10.1. The second-order valence-corrected chi connectivity index (χ2v) is 7.54. The van der Waals surface area contributed by atoms with Gasteiger partial charge in [0.15, 0.2) is 0 Å². The Labute approximate surface area is 135 Å². The molecule has 0 aliphatic carbocycles. The van der Waals surface area contributed by atoms with Crippen molar-refractivity contribution in [2.75, 3.05) is 25.2 Å². The lowest BCUT2D eigenvalue weighted by molar-refractivity contribution is -0.0835. The van der Waals surface area contributed by atoms with Crippen molar-refractivity contribution in [2.45, 2.75) is 30.9 Å². The Morgan fingerprint density at radius 3 is 3.10 bits per heavy atom. The molecular weight excluding hydrogens is 306 g/mol. The van der Waals surface area contributed by atoms with E-state index in [9.17, 15) is 0 Å². The third kappa shape index (κ3) is 3.19. The maximum Gasteiger partial charge on any atom is 0.123 e. The van der Waals surface area contributed by atoms with Crippen LogP contribution in [0.1, 0.15) is 30.9 Å². The van der Waals surface area contributed by atoms with Gasteiger partial charge in [0.2, 0.25) is 0 Å². The van der Waals surface area contributed by atoms with Crippen molar-refractivity contribution < 1.29 is 9.47 Å². The molecule has 2 heterocycles. The molecule has 2 fully saturated rings. The third-order valence-corrected chi connectivity index (χ3v) is 6.12. The first-order valence-electron chi connectivity index (χ1n) is 7.44. The Morgan fingerprint density at radius 2 is 2.38 bits per heavy atom. The number of thioether (sulfide) groups is 1. The van der Waals surface area contributed by atoms with Gasteiger partial charge in [0.05, 0.1) is 12.7 Å². The highest BCUT2D eigenvalue weighted by molar-refractivity contribution is 7.99. The van der Waals surface area contributed by atoms with E-state index >= 15 is 0 Å². The van der Waals surface area contributed by atoms with Crippen molar-refractivity contribution in [3.8, 4) is 5.75 Å². The molecule has 2 N–H and O–H groups in total. The van der Waals surface area contributed by atoms with Crippen molar-refractivity contribution in [1.29, 1.82) is 0 Å². The summed E-state index contributed by atoms with van der Waals surface area (Å²) >= 11 is 8.13. The molecule has 2 saturated heterocycles. The fraction of sp³-hybridized carbons (Fsp3) is 0.625. The van der Waals surface area contributed by atoms with Crippen LogP contribution in [0.15, 0.2) is 18.2 Å². The number of rotatable bonds is 3. The Kier molecular flexibility index (Phi) is 4.69. The van der Waals surface area contributed by atoms with E-state index in [2.05, 4.69) is 0 Å². The molecule has 2 aliphatic heterocycles. The topological polar surface area (TPSA) is 44.5 Å². The van der Waals surface area contributed by atoms with Crippen LogP contribution in [-0.4, -0.2) is 30.8 Å². The fourth-order valence-corrected chi connectivity index (χ4v) is 5.01. The zero-order chi connectivity index (χ0) is 14.9. The Balaban J connectivity index is 1.81. The van der Waals surface area contributed by atoms with Gasteiger partial charge in [-0.2, -0.15) is 11.8 Å². The van der Waals surface area contributed by atoms with Crippen LogP contribution in [0, 0.1) is 5.92 Å². The van der Waals surface area contributed by atoms with E-state index in [0.717, 1.165) is 42.9 Å². The summed E-state index contributed by atoms with van der Waals surface area (Å²) in [7, 11) is 1.68. The van der Waals surface area contributed by atoms with Gasteiger partial charge in [-0.05, 0) is 49.1 Å². The van der Waals surface area contributed by atoms with E-state index < -0.39 is 0 Å². The van der Waals surface area contributed by atoms with Gasteiger partial charge >= 0.3 is 0 Å². The lowest BCUT2D eigenvalue weighted by atomic mass is 9.79. The molecule has 0 saturated carbocycles. The van der Waals surface area contributed by atoms with Gasteiger partial charge in [0.25, 0.3) is 0 Å². The summed E-state index contributed by atoms with van der Waals surface area (Å²) in [5.41, 5.74) is 7.63. The van der Waals surface area contributed by atoms with Gasteiger partial charge in [0, 0.05) is 29.0 Å². The molecule has 0 aromatic heterocycles. The van der Waals surface area contributed by atoms with Crippen molar-refractivity contribution in [3.05, 3.63) is 28.8 Å². The maximum atomic E-state index is 6.56. The molecule has 3 nitrogen and oxygen atoms in total. The average Bonchev–Trinajstić information content (AvgIpc) is 2.94. The van der Waals surface area contributed by atoms with Gasteiger partial charge in [0.1, 0.15) is 5.75 Å². The summed E-state index contributed by atoms with van der Waals surface area (Å²) in [6.07, 6.45) is 3.19. The average molecular weight is 328 g/mol. The summed E-state index contributed by atoms with van der Waals surface area (Å²) in [5.74, 6) is 3.55. The summed E-state index contributed by atoms with van der Waals surface area (Å²) < 4.78 is 11.5.